The van der Waals surface area contributed by atoms with Crippen LogP contribution in [-0.2, 0) is 17.4 Å². The summed E-state index contributed by atoms with van der Waals surface area (Å²) in [5, 5.41) is 31.3. The monoisotopic (exact) mass is 666 g/mol. The highest BCUT2D eigenvalue weighted by Gasteiger charge is 2.55. The van der Waals surface area contributed by atoms with Crippen molar-refractivity contribution in [3.05, 3.63) is 63.9 Å². The molecule has 1 atom stereocenters. The van der Waals surface area contributed by atoms with Crippen molar-refractivity contribution in [2.45, 2.75) is 44.6 Å². The number of halogens is 4. The molecule has 1 amide bonds. The number of hydrogen-bond donors (Lipinski definition) is 2. The molecule has 3 aliphatic rings. The van der Waals surface area contributed by atoms with E-state index in [1.54, 1.807) is 22.9 Å². The van der Waals surface area contributed by atoms with Gasteiger partial charge in [-0.2, -0.15) is 18.4 Å². The number of aliphatic hydroxyl groups is 2. The molecular formula is C33H30F4N6O3S. The lowest BCUT2D eigenvalue weighted by atomic mass is 9.72. The first kappa shape index (κ1) is 31.3. The van der Waals surface area contributed by atoms with E-state index in [0.717, 1.165) is 17.4 Å². The number of carbonyl (C=O) groups is 1. The summed E-state index contributed by atoms with van der Waals surface area (Å²) in [6.07, 6.45) is -5.12. The standard InChI is InChI=1S/C33H30F4N6O3S/c1-31(2,46)29(45)43-15-32(16-43)13-42(14-32)19-10-21-26(22(11-19)33(35,36)37)39-27-20(8-9-23(27)44)28(21)41(3)30-40-25(24(12-38)47-30)17-4-6-18(34)7-5-17/h4-7,10-11,23,44,46H,8-9,13-16H2,1-3H3. The van der Waals surface area contributed by atoms with Crippen LogP contribution in [0.25, 0.3) is 22.2 Å². The van der Waals surface area contributed by atoms with E-state index in [9.17, 15) is 37.8 Å². The van der Waals surface area contributed by atoms with Crippen LogP contribution in [0.5, 0.6) is 0 Å². The summed E-state index contributed by atoms with van der Waals surface area (Å²) in [6.45, 7) is 4.55. The van der Waals surface area contributed by atoms with Crippen molar-refractivity contribution in [3.63, 3.8) is 0 Å². The van der Waals surface area contributed by atoms with Crippen molar-refractivity contribution >= 4 is 44.7 Å². The Bertz CT molecular complexity index is 1970. The van der Waals surface area contributed by atoms with E-state index >= 15 is 0 Å². The lowest BCUT2D eigenvalue weighted by Crippen LogP contribution is -2.74. The minimum atomic E-state index is -4.76. The number of carbonyl (C=O) groups excluding carboxylic acids is 1. The zero-order valence-electron chi connectivity index (χ0n) is 25.7. The number of rotatable bonds is 5. The first-order chi connectivity index (χ1) is 22.1. The van der Waals surface area contributed by atoms with E-state index in [1.807, 2.05) is 4.90 Å². The van der Waals surface area contributed by atoms with Crippen molar-refractivity contribution in [1.82, 2.24) is 14.9 Å². The normalized spacial score (nSPS) is 18.6. The predicted molar refractivity (Wildman–Crippen MR) is 168 cm³/mol. The molecule has 7 rings (SSSR count). The number of aromatic nitrogens is 2. The molecular weight excluding hydrogens is 636 g/mol. The number of fused-ring (bicyclic) bond motifs is 2. The maximum atomic E-state index is 14.7. The van der Waals surface area contributed by atoms with Gasteiger partial charge in [0.05, 0.1) is 28.6 Å². The zero-order valence-corrected chi connectivity index (χ0v) is 26.5. The van der Waals surface area contributed by atoms with Gasteiger partial charge in [0, 0.05) is 60.8 Å². The molecule has 0 radical (unpaired) electrons. The van der Waals surface area contributed by atoms with Gasteiger partial charge in [-0.05, 0) is 63.1 Å². The van der Waals surface area contributed by atoms with Gasteiger partial charge in [0.25, 0.3) is 5.91 Å². The number of benzene rings is 2. The van der Waals surface area contributed by atoms with Crippen LogP contribution in [0.1, 0.15) is 48.1 Å². The molecule has 2 aromatic carbocycles. The van der Waals surface area contributed by atoms with Gasteiger partial charge in [-0.1, -0.05) is 11.3 Å². The zero-order chi connectivity index (χ0) is 33.6. The highest BCUT2D eigenvalue weighted by Crippen LogP contribution is 2.50. The second-order valence-corrected chi connectivity index (χ2v) is 14.2. The van der Waals surface area contributed by atoms with E-state index in [0.29, 0.717) is 72.3 Å². The smallest absolute Gasteiger partial charge is 0.387 e. The number of alkyl halides is 3. The lowest BCUT2D eigenvalue weighted by Gasteiger charge is -2.61. The Balaban J connectivity index is 1.32. The number of likely N-dealkylation sites (tertiary alicyclic amines) is 1. The third-order valence-corrected chi connectivity index (χ3v) is 10.2. The van der Waals surface area contributed by atoms with Crippen LogP contribution in [0, 0.1) is 22.6 Å². The quantitative estimate of drug-likeness (QED) is 0.266. The van der Waals surface area contributed by atoms with Crippen molar-refractivity contribution in [1.29, 1.82) is 5.26 Å². The number of hydrogen-bond acceptors (Lipinski definition) is 9. The van der Waals surface area contributed by atoms with E-state index < -0.39 is 29.3 Å². The molecule has 1 spiro atoms. The maximum absolute atomic E-state index is 14.7. The van der Waals surface area contributed by atoms with Crippen LogP contribution in [0.15, 0.2) is 36.4 Å². The van der Waals surface area contributed by atoms with Gasteiger partial charge >= 0.3 is 6.18 Å². The van der Waals surface area contributed by atoms with E-state index in [1.165, 1.54) is 38.1 Å². The molecule has 2 aliphatic heterocycles. The molecule has 0 saturated carbocycles. The van der Waals surface area contributed by atoms with Crippen LogP contribution in [0.2, 0.25) is 0 Å². The first-order valence-corrected chi connectivity index (χ1v) is 15.8. The molecule has 244 valence electrons. The van der Waals surface area contributed by atoms with E-state index in [2.05, 4.69) is 16.0 Å². The minimum Gasteiger partial charge on any atom is -0.387 e. The fraction of sp³-hybridized carbons (Fsp3) is 0.394. The van der Waals surface area contributed by atoms with Crippen LogP contribution < -0.4 is 9.80 Å². The molecule has 1 unspecified atom stereocenters. The van der Waals surface area contributed by atoms with Gasteiger partial charge in [-0.15, -0.1) is 0 Å². The number of nitriles is 1. The predicted octanol–water partition coefficient (Wildman–Crippen LogP) is 5.55. The molecule has 2 N–H and O–H groups in total. The molecule has 14 heteroatoms. The van der Waals surface area contributed by atoms with Gasteiger partial charge in [-0.3, -0.25) is 4.79 Å². The molecule has 1 aliphatic carbocycles. The third kappa shape index (κ3) is 5.17. The topological polar surface area (TPSA) is 117 Å². The molecule has 4 aromatic rings. The van der Waals surface area contributed by atoms with Crippen LogP contribution in [0.3, 0.4) is 0 Å². The number of thiazole rings is 1. The van der Waals surface area contributed by atoms with Gasteiger partial charge in [-0.25, -0.2) is 14.4 Å². The van der Waals surface area contributed by atoms with Crippen LogP contribution in [-0.4, -0.2) is 69.8 Å². The second-order valence-electron chi connectivity index (χ2n) is 13.2. The number of nitrogens with zero attached hydrogens (tertiary/aromatic N) is 6. The Kier molecular flexibility index (Phi) is 7.05. The van der Waals surface area contributed by atoms with Crippen molar-refractivity contribution in [2.75, 3.05) is 43.0 Å². The molecule has 9 nitrogen and oxygen atoms in total. The Labute approximate surface area is 271 Å². The Morgan fingerprint density at radius 3 is 2.43 bits per heavy atom. The molecule has 2 saturated heterocycles. The highest BCUT2D eigenvalue weighted by atomic mass is 32.1. The Hall–Kier alpha value is -4.32. The van der Waals surface area contributed by atoms with Crippen molar-refractivity contribution in [3.8, 4) is 17.3 Å². The molecule has 0 bridgehead atoms. The minimum absolute atomic E-state index is 0.183. The number of pyridine rings is 1. The molecule has 2 aromatic heterocycles. The average Bonchev–Trinajstić information content (AvgIpc) is 3.56. The first-order valence-electron chi connectivity index (χ1n) is 15.0. The summed E-state index contributed by atoms with van der Waals surface area (Å²) in [6, 6.07) is 10.4. The van der Waals surface area contributed by atoms with Gasteiger partial charge < -0.3 is 24.9 Å². The number of amides is 1. The maximum Gasteiger partial charge on any atom is 0.418 e. The van der Waals surface area contributed by atoms with Gasteiger partial charge in [0.15, 0.2) is 5.13 Å². The number of anilines is 3. The highest BCUT2D eigenvalue weighted by molar-refractivity contribution is 7.16. The Morgan fingerprint density at radius 1 is 1.13 bits per heavy atom. The fourth-order valence-electron chi connectivity index (χ4n) is 6.98. The second kappa shape index (κ2) is 10.6. The summed E-state index contributed by atoms with van der Waals surface area (Å²) in [5.74, 6) is -0.829. The SMILES string of the molecule is CN(c1nc(-c2ccc(F)cc2)c(C#N)s1)c1c2c(nc3c(C(F)(F)F)cc(N4CC5(CN(C(=O)C(C)(C)O)C5)C4)cc13)C(O)CC2. The van der Waals surface area contributed by atoms with Crippen LogP contribution >= 0.6 is 11.3 Å². The summed E-state index contributed by atoms with van der Waals surface area (Å²) >= 11 is 1.06. The molecule has 47 heavy (non-hydrogen) atoms. The molecule has 4 heterocycles. The third-order valence-electron chi connectivity index (χ3n) is 9.20. The largest absolute Gasteiger partial charge is 0.418 e. The molecule has 2 fully saturated rings. The average molecular weight is 667 g/mol. The lowest BCUT2D eigenvalue weighted by molar-refractivity contribution is -0.162. The fourth-order valence-corrected chi connectivity index (χ4v) is 7.83. The van der Waals surface area contributed by atoms with E-state index in [-0.39, 0.29) is 32.8 Å². The van der Waals surface area contributed by atoms with Crippen LogP contribution in [0.4, 0.5) is 34.1 Å². The van der Waals surface area contributed by atoms with E-state index in [4.69, 9.17) is 0 Å². The van der Waals surface area contributed by atoms with Gasteiger partial charge in [0.1, 0.15) is 28.1 Å². The van der Waals surface area contributed by atoms with Gasteiger partial charge in [0.2, 0.25) is 0 Å². The van der Waals surface area contributed by atoms with Crippen molar-refractivity contribution < 1.29 is 32.6 Å². The summed E-state index contributed by atoms with van der Waals surface area (Å²) in [7, 11) is 1.66. The van der Waals surface area contributed by atoms with Crippen molar-refractivity contribution in [2.24, 2.45) is 5.41 Å². The number of aliphatic hydroxyl groups excluding tert-OH is 1. The Morgan fingerprint density at radius 2 is 1.81 bits per heavy atom. The summed E-state index contributed by atoms with van der Waals surface area (Å²) in [5.41, 5.74) is -0.588. The summed E-state index contributed by atoms with van der Waals surface area (Å²) < 4.78 is 57.8. The summed E-state index contributed by atoms with van der Waals surface area (Å²) in [4.78, 5) is 26.9.